The summed E-state index contributed by atoms with van der Waals surface area (Å²) in [6.07, 6.45) is 4.37. The van der Waals surface area contributed by atoms with Crippen LogP contribution in [0.1, 0.15) is 29.5 Å². The maximum absolute atomic E-state index is 11.3. The monoisotopic (exact) mass is 368 g/mol. The Labute approximate surface area is 155 Å². The normalized spacial score (nSPS) is 17.7. The van der Waals surface area contributed by atoms with Gasteiger partial charge in [-0.2, -0.15) is 0 Å². The molecule has 2 N–H and O–H groups in total. The van der Waals surface area contributed by atoms with Crippen molar-refractivity contribution >= 4 is 15.6 Å². The largest absolute Gasteiger partial charge is 0.299 e. The quantitative estimate of drug-likeness (QED) is 0.902. The predicted molar refractivity (Wildman–Crippen MR) is 104 cm³/mol. The van der Waals surface area contributed by atoms with Gasteiger partial charge in [-0.25, -0.2) is 13.6 Å². The van der Waals surface area contributed by atoms with Crippen molar-refractivity contribution < 1.29 is 8.42 Å². The molecule has 1 aliphatic heterocycles. The van der Waals surface area contributed by atoms with Gasteiger partial charge in [0.25, 0.3) is 0 Å². The summed E-state index contributed by atoms with van der Waals surface area (Å²) in [5.74, 6) is 0. The van der Waals surface area contributed by atoms with E-state index in [4.69, 9.17) is 5.14 Å². The molecule has 2 aliphatic rings. The van der Waals surface area contributed by atoms with Gasteiger partial charge < -0.3 is 0 Å². The first-order chi connectivity index (χ1) is 12.5. The van der Waals surface area contributed by atoms with Crippen LogP contribution in [0.2, 0.25) is 0 Å². The van der Waals surface area contributed by atoms with Crippen LogP contribution >= 0.6 is 0 Å². The average molecular weight is 369 g/mol. The fourth-order valence-electron chi connectivity index (χ4n) is 4.09. The minimum Gasteiger partial charge on any atom is -0.299 e. The Balaban J connectivity index is 1.41. The molecule has 26 heavy (non-hydrogen) atoms. The summed E-state index contributed by atoms with van der Waals surface area (Å²) in [6.45, 7) is 3.13. The molecule has 0 radical (unpaired) electrons. The number of sulfonamides is 1. The van der Waals surface area contributed by atoms with Crippen LogP contribution in [0, 0.1) is 0 Å². The number of primary sulfonamides is 1. The second-order valence-electron chi connectivity index (χ2n) is 7.20. The average Bonchev–Trinajstić information content (AvgIpc) is 2.65. The molecule has 0 saturated heterocycles. The van der Waals surface area contributed by atoms with Gasteiger partial charge in [0, 0.05) is 19.6 Å². The van der Waals surface area contributed by atoms with Crippen LogP contribution in [0.3, 0.4) is 0 Å². The van der Waals surface area contributed by atoms with Crippen LogP contribution in [0.4, 0.5) is 0 Å². The number of rotatable bonds is 4. The Hall–Kier alpha value is -1.95. The zero-order chi connectivity index (χ0) is 18.1. The zero-order valence-corrected chi connectivity index (χ0v) is 15.6. The molecule has 136 valence electrons. The van der Waals surface area contributed by atoms with Crippen molar-refractivity contribution in [2.24, 2.45) is 5.14 Å². The minimum absolute atomic E-state index is 0.176. The van der Waals surface area contributed by atoms with Gasteiger partial charge in [0.2, 0.25) is 10.0 Å². The first-order valence-corrected chi connectivity index (χ1v) is 10.7. The standard InChI is InChI=1S/C21H24N2O2S/c22-26(24,25)19-9-5-16(6-10-19)11-13-23-14-12-21-18(15-23)8-7-17-3-1-2-4-20(17)21/h1-6,9-10H,7-8,11-15H2,(H2,22,24,25). The molecule has 0 spiro atoms. The summed E-state index contributed by atoms with van der Waals surface area (Å²) in [6, 6.07) is 15.7. The number of benzene rings is 2. The summed E-state index contributed by atoms with van der Waals surface area (Å²) < 4.78 is 22.7. The number of nitrogens with zero attached hydrogens (tertiary/aromatic N) is 1. The van der Waals surface area contributed by atoms with E-state index in [1.807, 2.05) is 12.1 Å². The fraction of sp³-hybridized carbons (Fsp3) is 0.333. The zero-order valence-electron chi connectivity index (χ0n) is 14.8. The van der Waals surface area contributed by atoms with E-state index < -0.39 is 10.0 Å². The molecule has 0 amide bonds. The van der Waals surface area contributed by atoms with Gasteiger partial charge in [-0.3, -0.25) is 4.90 Å². The number of fused-ring (bicyclic) bond motifs is 2. The first kappa shape index (κ1) is 17.5. The third-order valence-corrected chi connectivity index (χ3v) is 6.46. The molecular weight excluding hydrogens is 344 g/mol. The third-order valence-electron chi connectivity index (χ3n) is 5.53. The van der Waals surface area contributed by atoms with Crippen LogP contribution in [-0.4, -0.2) is 33.0 Å². The molecule has 0 atom stereocenters. The van der Waals surface area contributed by atoms with E-state index in [2.05, 4.69) is 29.2 Å². The summed E-state index contributed by atoms with van der Waals surface area (Å²) in [7, 11) is -3.61. The van der Waals surface area contributed by atoms with Crippen LogP contribution < -0.4 is 5.14 Å². The Morgan fingerprint density at radius 3 is 2.50 bits per heavy atom. The van der Waals surface area contributed by atoms with Crippen molar-refractivity contribution in [1.82, 2.24) is 4.90 Å². The Morgan fingerprint density at radius 2 is 1.73 bits per heavy atom. The van der Waals surface area contributed by atoms with Gasteiger partial charge in [0.15, 0.2) is 0 Å². The molecule has 0 saturated carbocycles. The van der Waals surface area contributed by atoms with E-state index in [1.165, 1.54) is 17.5 Å². The Morgan fingerprint density at radius 1 is 0.962 bits per heavy atom. The molecule has 0 unspecified atom stereocenters. The van der Waals surface area contributed by atoms with Gasteiger partial charge in [-0.05, 0) is 60.1 Å². The number of hydrogen-bond donors (Lipinski definition) is 1. The van der Waals surface area contributed by atoms with Crippen molar-refractivity contribution in [2.45, 2.75) is 30.6 Å². The predicted octanol–water partition coefficient (Wildman–Crippen LogP) is 2.98. The molecule has 1 heterocycles. The molecule has 4 rings (SSSR count). The molecule has 2 aromatic rings. The maximum Gasteiger partial charge on any atom is 0.238 e. The summed E-state index contributed by atoms with van der Waals surface area (Å²) in [5, 5.41) is 5.15. The van der Waals surface area contributed by atoms with Crippen molar-refractivity contribution in [3.05, 3.63) is 70.8 Å². The van der Waals surface area contributed by atoms with Gasteiger partial charge in [0.05, 0.1) is 4.90 Å². The molecule has 1 aliphatic carbocycles. The Bertz CT molecular complexity index is 946. The third kappa shape index (κ3) is 3.61. The van der Waals surface area contributed by atoms with Crippen LogP contribution in [0.25, 0.3) is 5.57 Å². The van der Waals surface area contributed by atoms with Gasteiger partial charge in [0.1, 0.15) is 0 Å². The van der Waals surface area contributed by atoms with Crippen LogP contribution in [-0.2, 0) is 22.9 Å². The summed E-state index contributed by atoms with van der Waals surface area (Å²) >= 11 is 0. The van der Waals surface area contributed by atoms with Gasteiger partial charge >= 0.3 is 0 Å². The molecule has 0 fully saturated rings. The number of hydrogen-bond acceptors (Lipinski definition) is 3. The Kier molecular flexibility index (Phi) is 4.69. The van der Waals surface area contributed by atoms with Gasteiger partial charge in [-0.1, -0.05) is 42.0 Å². The highest BCUT2D eigenvalue weighted by Crippen LogP contribution is 2.36. The maximum atomic E-state index is 11.3. The highest BCUT2D eigenvalue weighted by atomic mass is 32.2. The van der Waals surface area contributed by atoms with E-state index in [0.29, 0.717) is 0 Å². The molecule has 0 bridgehead atoms. The SMILES string of the molecule is NS(=O)(=O)c1ccc(CCN2CCC3=C(CCc4ccccc43)C2)cc1. The summed E-state index contributed by atoms with van der Waals surface area (Å²) in [4.78, 5) is 2.69. The lowest BCUT2D eigenvalue weighted by molar-refractivity contribution is 0.293. The molecule has 5 heteroatoms. The van der Waals surface area contributed by atoms with E-state index in [9.17, 15) is 8.42 Å². The highest BCUT2D eigenvalue weighted by molar-refractivity contribution is 7.89. The highest BCUT2D eigenvalue weighted by Gasteiger charge is 2.24. The van der Waals surface area contributed by atoms with Crippen molar-refractivity contribution in [3.8, 4) is 0 Å². The van der Waals surface area contributed by atoms with Crippen LogP contribution in [0.5, 0.6) is 0 Å². The fourth-order valence-corrected chi connectivity index (χ4v) is 4.60. The second-order valence-corrected chi connectivity index (χ2v) is 8.77. The molecular formula is C21H24N2O2S. The topological polar surface area (TPSA) is 63.4 Å². The van der Waals surface area contributed by atoms with Crippen molar-refractivity contribution in [2.75, 3.05) is 19.6 Å². The smallest absolute Gasteiger partial charge is 0.238 e. The van der Waals surface area contributed by atoms with Crippen molar-refractivity contribution in [3.63, 3.8) is 0 Å². The summed E-state index contributed by atoms with van der Waals surface area (Å²) in [5.41, 5.74) is 7.27. The van der Waals surface area contributed by atoms with E-state index in [0.717, 1.165) is 44.5 Å². The first-order valence-electron chi connectivity index (χ1n) is 9.14. The van der Waals surface area contributed by atoms with E-state index >= 15 is 0 Å². The van der Waals surface area contributed by atoms with E-state index in [-0.39, 0.29) is 4.90 Å². The minimum atomic E-state index is -3.61. The lowest BCUT2D eigenvalue weighted by Gasteiger charge is -2.34. The number of nitrogens with two attached hydrogens (primary N) is 1. The second kappa shape index (κ2) is 6.99. The van der Waals surface area contributed by atoms with Crippen molar-refractivity contribution in [1.29, 1.82) is 0 Å². The molecule has 0 aromatic heterocycles. The lowest BCUT2D eigenvalue weighted by Crippen LogP contribution is -2.34. The molecule has 4 nitrogen and oxygen atoms in total. The number of aryl methyl sites for hydroxylation is 1. The van der Waals surface area contributed by atoms with E-state index in [1.54, 1.807) is 23.3 Å². The molecule has 2 aromatic carbocycles. The van der Waals surface area contributed by atoms with Gasteiger partial charge in [-0.15, -0.1) is 0 Å². The van der Waals surface area contributed by atoms with Crippen LogP contribution in [0.15, 0.2) is 59.0 Å². The lowest BCUT2D eigenvalue weighted by atomic mass is 9.82.